The largest absolute Gasteiger partial charge is 0.503 e. The molecule has 1 heterocycles. The van der Waals surface area contributed by atoms with Crippen molar-refractivity contribution in [2.24, 2.45) is 5.92 Å². The van der Waals surface area contributed by atoms with E-state index in [2.05, 4.69) is 13.8 Å². The van der Waals surface area contributed by atoms with Crippen molar-refractivity contribution in [3.8, 4) is 5.75 Å². The third-order valence-electron chi connectivity index (χ3n) is 3.05. The topological polar surface area (TPSA) is 65.7 Å². The van der Waals surface area contributed by atoms with Crippen LogP contribution in [-0.4, -0.2) is 39.9 Å². The highest BCUT2D eigenvalue weighted by molar-refractivity contribution is 5.29. The number of likely N-dealkylation sites (N-methyl/N-ethyl adjacent to an activating group) is 1. The predicted molar refractivity (Wildman–Crippen MR) is 75.4 cm³/mol. The van der Waals surface area contributed by atoms with Gasteiger partial charge in [0.25, 0.3) is 0 Å². The van der Waals surface area contributed by atoms with Crippen LogP contribution >= 0.6 is 0 Å². The summed E-state index contributed by atoms with van der Waals surface area (Å²) in [6.45, 7) is 7.81. The monoisotopic (exact) mass is 268 g/mol. The van der Waals surface area contributed by atoms with Crippen molar-refractivity contribution in [1.29, 1.82) is 0 Å². The fraction of sp³-hybridized carbons (Fsp3) is 0.643. The van der Waals surface area contributed by atoms with Crippen molar-refractivity contribution >= 4 is 0 Å². The van der Waals surface area contributed by atoms with E-state index in [1.54, 1.807) is 0 Å². The molecule has 0 aromatic carbocycles. The van der Waals surface area contributed by atoms with E-state index in [0.29, 0.717) is 24.7 Å². The zero-order chi connectivity index (χ0) is 14.6. The summed E-state index contributed by atoms with van der Waals surface area (Å²) >= 11 is 0. The van der Waals surface area contributed by atoms with E-state index in [1.165, 1.54) is 6.07 Å². The molecule has 0 spiro atoms. The standard InChI is InChI=1S/C14H24N2O3/c1-10(2)8-16-11(3)7-13(18)14(19)12(16)9-15(4)5-6-17/h7,10,17,19H,5-6,8-9H2,1-4H3. The summed E-state index contributed by atoms with van der Waals surface area (Å²) < 4.78 is 1.98. The quantitative estimate of drug-likeness (QED) is 0.806. The summed E-state index contributed by atoms with van der Waals surface area (Å²) in [5.41, 5.74) is 1.13. The van der Waals surface area contributed by atoms with Crippen molar-refractivity contribution in [3.05, 3.63) is 27.7 Å². The second-order valence-electron chi connectivity index (χ2n) is 5.41. The summed E-state index contributed by atoms with van der Waals surface area (Å²) in [6, 6.07) is 1.47. The molecule has 0 amide bonds. The molecule has 0 saturated carbocycles. The molecule has 19 heavy (non-hydrogen) atoms. The molecule has 0 fully saturated rings. The molecular weight excluding hydrogens is 244 g/mol. The van der Waals surface area contributed by atoms with E-state index < -0.39 is 0 Å². The van der Waals surface area contributed by atoms with E-state index >= 15 is 0 Å². The maximum Gasteiger partial charge on any atom is 0.223 e. The predicted octanol–water partition coefficient (Wildman–Crippen LogP) is 0.942. The van der Waals surface area contributed by atoms with Crippen LogP contribution in [0.3, 0.4) is 0 Å². The van der Waals surface area contributed by atoms with Gasteiger partial charge in [-0.25, -0.2) is 0 Å². The lowest BCUT2D eigenvalue weighted by atomic mass is 10.1. The fourth-order valence-corrected chi connectivity index (χ4v) is 2.10. The minimum atomic E-state index is -0.343. The Labute approximate surface area is 114 Å². The summed E-state index contributed by atoms with van der Waals surface area (Å²) in [5, 5.41) is 18.9. The minimum absolute atomic E-state index is 0.0531. The van der Waals surface area contributed by atoms with Crippen LogP contribution in [-0.2, 0) is 13.1 Å². The smallest absolute Gasteiger partial charge is 0.223 e. The van der Waals surface area contributed by atoms with Gasteiger partial charge >= 0.3 is 0 Å². The summed E-state index contributed by atoms with van der Waals surface area (Å²) in [7, 11) is 1.85. The Bertz CT molecular complexity index is 480. The number of pyridine rings is 1. The maximum absolute atomic E-state index is 11.7. The number of aryl methyl sites for hydroxylation is 1. The molecule has 0 unspecified atom stereocenters. The van der Waals surface area contributed by atoms with Gasteiger partial charge in [0.2, 0.25) is 5.43 Å². The van der Waals surface area contributed by atoms with Crippen molar-refractivity contribution in [2.45, 2.75) is 33.9 Å². The first-order valence-corrected chi connectivity index (χ1v) is 6.58. The van der Waals surface area contributed by atoms with Gasteiger partial charge in [-0.05, 0) is 19.9 Å². The molecule has 1 aromatic heterocycles. The molecule has 0 bridgehead atoms. The zero-order valence-corrected chi connectivity index (χ0v) is 12.2. The molecule has 0 saturated heterocycles. The Morgan fingerprint density at radius 2 is 2.05 bits per heavy atom. The first kappa shape index (κ1) is 15.7. The minimum Gasteiger partial charge on any atom is -0.503 e. The van der Waals surface area contributed by atoms with Crippen LogP contribution in [0.25, 0.3) is 0 Å². The Hall–Kier alpha value is -1.33. The van der Waals surface area contributed by atoms with Gasteiger partial charge in [-0.2, -0.15) is 0 Å². The lowest BCUT2D eigenvalue weighted by molar-refractivity contribution is 0.211. The average molecular weight is 268 g/mol. The van der Waals surface area contributed by atoms with Crippen LogP contribution in [0.2, 0.25) is 0 Å². The van der Waals surface area contributed by atoms with Crippen LogP contribution in [0.1, 0.15) is 25.2 Å². The van der Waals surface area contributed by atoms with Gasteiger partial charge < -0.3 is 14.8 Å². The number of aliphatic hydroxyl groups excluding tert-OH is 1. The number of aromatic hydroxyl groups is 1. The van der Waals surface area contributed by atoms with Crippen molar-refractivity contribution in [2.75, 3.05) is 20.2 Å². The van der Waals surface area contributed by atoms with E-state index in [1.807, 2.05) is 23.4 Å². The molecule has 0 radical (unpaired) electrons. The van der Waals surface area contributed by atoms with Gasteiger partial charge in [0.05, 0.1) is 12.3 Å². The van der Waals surface area contributed by atoms with Gasteiger partial charge in [-0.1, -0.05) is 13.8 Å². The molecule has 0 aliphatic heterocycles. The van der Waals surface area contributed by atoms with Gasteiger partial charge in [0, 0.05) is 31.4 Å². The van der Waals surface area contributed by atoms with Crippen LogP contribution in [0.5, 0.6) is 5.75 Å². The second-order valence-corrected chi connectivity index (χ2v) is 5.41. The highest BCUT2D eigenvalue weighted by Gasteiger charge is 2.15. The number of aromatic nitrogens is 1. The van der Waals surface area contributed by atoms with Crippen LogP contribution in [0.4, 0.5) is 0 Å². The highest BCUT2D eigenvalue weighted by Crippen LogP contribution is 2.17. The molecule has 2 N–H and O–H groups in total. The Balaban J connectivity index is 3.20. The van der Waals surface area contributed by atoms with Gasteiger partial charge in [0.15, 0.2) is 5.75 Å². The molecule has 0 aliphatic carbocycles. The molecule has 1 aromatic rings. The highest BCUT2D eigenvalue weighted by atomic mass is 16.3. The van der Waals surface area contributed by atoms with Crippen molar-refractivity contribution in [1.82, 2.24) is 9.47 Å². The van der Waals surface area contributed by atoms with E-state index in [9.17, 15) is 9.90 Å². The van der Waals surface area contributed by atoms with Crippen molar-refractivity contribution in [3.63, 3.8) is 0 Å². The maximum atomic E-state index is 11.7. The summed E-state index contributed by atoms with van der Waals surface area (Å²) in [5.74, 6) is 0.235. The molecule has 108 valence electrons. The molecule has 5 heteroatoms. The molecule has 0 atom stereocenters. The second kappa shape index (κ2) is 6.73. The lowest BCUT2D eigenvalue weighted by Crippen LogP contribution is -2.27. The molecular formula is C14H24N2O3. The Kier molecular flexibility index (Phi) is 5.57. The SMILES string of the molecule is Cc1cc(=O)c(O)c(CN(C)CCO)n1CC(C)C. The summed E-state index contributed by atoms with van der Waals surface area (Å²) in [4.78, 5) is 13.6. The Morgan fingerprint density at radius 3 is 2.58 bits per heavy atom. The van der Waals surface area contributed by atoms with Gasteiger partial charge in [-0.3, -0.25) is 9.69 Å². The number of rotatable bonds is 6. The van der Waals surface area contributed by atoms with Crippen LogP contribution < -0.4 is 5.43 Å². The number of aliphatic hydroxyl groups is 1. The lowest BCUT2D eigenvalue weighted by Gasteiger charge is -2.23. The number of hydrogen-bond donors (Lipinski definition) is 2. The van der Waals surface area contributed by atoms with Crippen LogP contribution in [0.15, 0.2) is 10.9 Å². The first-order valence-electron chi connectivity index (χ1n) is 6.58. The molecule has 0 aliphatic rings. The van der Waals surface area contributed by atoms with Crippen molar-refractivity contribution < 1.29 is 10.2 Å². The third-order valence-corrected chi connectivity index (χ3v) is 3.05. The average Bonchev–Trinajstić information content (AvgIpc) is 2.30. The van der Waals surface area contributed by atoms with E-state index in [4.69, 9.17) is 5.11 Å². The van der Waals surface area contributed by atoms with E-state index in [-0.39, 0.29) is 17.8 Å². The summed E-state index contributed by atoms with van der Waals surface area (Å²) in [6.07, 6.45) is 0. The normalized spacial score (nSPS) is 11.5. The third kappa shape index (κ3) is 4.08. The Morgan fingerprint density at radius 1 is 1.42 bits per heavy atom. The van der Waals surface area contributed by atoms with Crippen LogP contribution in [0, 0.1) is 12.8 Å². The number of nitrogens with zero attached hydrogens (tertiary/aromatic N) is 2. The number of hydrogen-bond acceptors (Lipinski definition) is 4. The van der Waals surface area contributed by atoms with E-state index in [0.717, 1.165) is 12.2 Å². The molecule has 5 nitrogen and oxygen atoms in total. The zero-order valence-electron chi connectivity index (χ0n) is 12.2. The van der Waals surface area contributed by atoms with Gasteiger partial charge in [-0.15, -0.1) is 0 Å². The fourth-order valence-electron chi connectivity index (χ4n) is 2.10. The molecule has 1 rings (SSSR count). The van der Waals surface area contributed by atoms with Gasteiger partial charge in [0.1, 0.15) is 0 Å². The first-order chi connectivity index (χ1) is 8.86.